The fourth-order valence-electron chi connectivity index (χ4n) is 9.01. The fraction of sp³-hybridized carbons (Fsp3) is 0.567. The third kappa shape index (κ3) is 3.44. The summed E-state index contributed by atoms with van der Waals surface area (Å²) in [6, 6.07) is 10.8. The number of carboxylic acid groups (broad SMARTS) is 1. The SMILES string of the molecule is Cc1c(C(CC(=O)O)c2cccc3c2CCN(C24CC5CC(CC(C5)C2)C4)C3)ccc2c1nnn2C. The van der Waals surface area contributed by atoms with Gasteiger partial charge in [0.25, 0.3) is 0 Å². The molecule has 0 saturated heterocycles. The molecule has 1 unspecified atom stereocenters. The van der Waals surface area contributed by atoms with Crippen molar-refractivity contribution in [2.24, 2.45) is 24.8 Å². The molecule has 1 aromatic heterocycles. The molecule has 4 saturated carbocycles. The lowest BCUT2D eigenvalue weighted by molar-refractivity contribution is -0.137. The topological polar surface area (TPSA) is 71.2 Å². The van der Waals surface area contributed by atoms with Gasteiger partial charge in [0.2, 0.25) is 0 Å². The van der Waals surface area contributed by atoms with Crippen molar-refractivity contribution in [1.82, 2.24) is 19.9 Å². The van der Waals surface area contributed by atoms with Gasteiger partial charge in [-0.1, -0.05) is 29.5 Å². The molecule has 5 aliphatic rings. The van der Waals surface area contributed by atoms with Crippen LogP contribution in [0.15, 0.2) is 30.3 Å². The molecule has 4 bridgehead atoms. The first kappa shape index (κ1) is 22.5. The van der Waals surface area contributed by atoms with Crippen molar-refractivity contribution in [3.63, 3.8) is 0 Å². The zero-order valence-electron chi connectivity index (χ0n) is 21.4. The van der Waals surface area contributed by atoms with E-state index < -0.39 is 5.97 Å². The summed E-state index contributed by atoms with van der Waals surface area (Å²) in [6.07, 6.45) is 9.70. The molecule has 8 rings (SSSR count). The Balaban J connectivity index is 1.25. The molecular formula is C30H36N4O2. The average molecular weight is 485 g/mol. The van der Waals surface area contributed by atoms with E-state index in [9.17, 15) is 9.90 Å². The second kappa shape index (κ2) is 8.14. The van der Waals surface area contributed by atoms with E-state index in [-0.39, 0.29) is 12.3 Å². The first-order valence-corrected chi connectivity index (χ1v) is 13.8. The number of hydrogen-bond acceptors (Lipinski definition) is 4. The maximum atomic E-state index is 12.1. The zero-order chi connectivity index (χ0) is 24.6. The van der Waals surface area contributed by atoms with Gasteiger partial charge in [0, 0.05) is 31.6 Å². The van der Waals surface area contributed by atoms with Crippen molar-refractivity contribution in [1.29, 1.82) is 0 Å². The number of nitrogens with zero attached hydrogens (tertiary/aromatic N) is 4. The maximum Gasteiger partial charge on any atom is 0.304 e. The lowest BCUT2D eigenvalue weighted by Gasteiger charge is -2.61. The molecule has 2 heterocycles. The van der Waals surface area contributed by atoms with E-state index in [1.54, 1.807) is 4.68 Å². The van der Waals surface area contributed by atoms with Gasteiger partial charge in [-0.3, -0.25) is 9.69 Å². The van der Waals surface area contributed by atoms with Gasteiger partial charge in [-0.05, 0) is 104 Å². The van der Waals surface area contributed by atoms with Crippen molar-refractivity contribution < 1.29 is 9.90 Å². The summed E-state index contributed by atoms with van der Waals surface area (Å²) in [4.78, 5) is 14.9. The van der Waals surface area contributed by atoms with Gasteiger partial charge in [0.1, 0.15) is 5.52 Å². The van der Waals surface area contributed by atoms with Crippen LogP contribution in [-0.2, 0) is 24.8 Å². The second-order valence-corrected chi connectivity index (χ2v) is 12.3. The molecule has 188 valence electrons. The Morgan fingerprint density at radius 2 is 1.81 bits per heavy atom. The highest BCUT2D eigenvalue weighted by atomic mass is 16.4. The van der Waals surface area contributed by atoms with E-state index >= 15 is 0 Å². The summed E-state index contributed by atoms with van der Waals surface area (Å²) in [5.41, 5.74) is 8.32. The number of aryl methyl sites for hydroxylation is 2. The number of carboxylic acids is 1. The number of benzene rings is 2. The van der Waals surface area contributed by atoms with Gasteiger partial charge in [0.15, 0.2) is 0 Å². The second-order valence-electron chi connectivity index (χ2n) is 12.3. The third-order valence-electron chi connectivity index (χ3n) is 10.2. The zero-order valence-corrected chi connectivity index (χ0v) is 21.4. The van der Waals surface area contributed by atoms with E-state index in [1.807, 2.05) is 13.1 Å². The monoisotopic (exact) mass is 484 g/mol. The van der Waals surface area contributed by atoms with Gasteiger partial charge >= 0.3 is 5.97 Å². The molecule has 0 amide bonds. The van der Waals surface area contributed by atoms with Gasteiger partial charge in [0.05, 0.1) is 11.9 Å². The Labute approximate surface area is 212 Å². The highest BCUT2D eigenvalue weighted by Crippen LogP contribution is 2.58. The van der Waals surface area contributed by atoms with Crippen molar-refractivity contribution in [3.05, 3.63) is 58.1 Å². The Bertz CT molecular complexity index is 1320. The lowest BCUT2D eigenvalue weighted by atomic mass is 9.52. The van der Waals surface area contributed by atoms with Crippen LogP contribution in [0.3, 0.4) is 0 Å². The van der Waals surface area contributed by atoms with Crippen molar-refractivity contribution >= 4 is 17.0 Å². The number of aliphatic carboxylic acids is 1. The first-order valence-electron chi connectivity index (χ1n) is 13.8. The third-order valence-corrected chi connectivity index (χ3v) is 10.2. The minimum atomic E-state index is -0.762. The van der Waals surface area contributed by atoms with Crippen LogP contribution in [-0.4, -0.2) is 43.1 Å². The highest BCUT2D eigenvalue weighted by molar-refractivity contribution is 5.80. The van der Waals surface area contributed by atoms with Crippen molar-refractivity contribution in [2.45, 2.75) is 76.3 Å². The standard InChI is InChI=1S/C30H36N4O2/c1-18-23(6-7-27-29(18)31-32-33(27)2)26(13-28(35)36)25-5-3-4-22-17-34(9-8-24(22)25)30-14-19-10-20(15-30)12-21(11-19)16-30/h3-7,19-21,26H,8-17H2,1-2H3,(H,35,36). The first-order chi connectivity index (χ1) is 17.4. The van der Waals surface area contributed by atoms with Crippen LogP contribution < -0.4 is 0 Å². The Kier molecular flexibility index (Phi) is 5.08. The molecule has 3 aromatic rings. The van der Waals surface area contributed by atoms with E-state index in [1.165, 1.54) is 55.2 Å². The molecule has 1 aliphatic heterocycles. The van der Waals surface area contributed by atoms with Crippen molar-refractivity contribution in [3.8, 4) is 0 Å². The summed E-state index contributed by atoms with van der Waals surface area (Å²) < 4.78 is 1.78. The molecule has 36 heavy (non-hydrogen) atoms. The number of fused-ring (bicyclic) bond motifs is 2. The molecule has 0 spiro atoms. The van der Waals surface area contributed by atoms with Crippen LogP contribution in [0.25, 0.3) is 11.0 Å². The normalized spacial score (nSPS) is 30.0. The van der Waals surface area contributed by atoms with E-state index in [4.69, 9.17) is 0 Å². The number of carbonyl (C=O) groups is 1. The molecule has 4 fully saturated rings. The summed E-state index contributed by atoms with van der Waals surface area (Å²) in [5, 5.41) is 18.5. The Morgan fingerprint density at radius 1 is 1.08 bits per heavy atom. The van der Waals surface area contributed by atoms with E-state index in [0.29, 0.717) is 5.54 Å². The van der Waals surface area contributed by atoms with Gasteiger partial charge < -0.3 is 5.11 Å². The quantitative estimate of drug-likeness (QED) is 0.538. The summed E-state index contributed by atoms with van der Waals surface area (Å²) in [7, 11) is 1.90. The van der Waals surface area contributed by atoms with Gasteiger partial charge in [-0.25, -0.2) is 4.68 Å². The number of aromatic nitrogens is 3. The highest BCUT2D eigenvalue weighted by Gasteiger charge is 2.53. The predicted octanol–water partition coefficient (Wildman–Crippen LogP) is 5.21. The summed E-state index contributed by atoms with van der Waals surface area (Å²) >= 11 is 0. The minimum absolute atomic E-state index is 0.0851. The van der Waals surface area contributed by atoms with Crippen molar-refractivity contribution in [2.75, 3.05) is 6.54 Å². The van der Waals surface area contributed by atoms with E-state index in [2.05, 4.69) is 46.4 Å². The maximum absolute atomic E-state index is 12.1. The fourth-order valence-corrected chi connectivity index (χ4v) is 9.01. The summed E-state index contributed by atoms with van der Waals surface area (Å²) in [6.45, 7) is 4.17. The predicted molar refractivity (Wildman–Crippen MR) is 139 cm³/mol. The van der Waals surface area contributed by atoms with Crippen LogP contribution in [0.1, 0.15) is 78.7 Å². The molecule has 6 heteroatoms. The largest absolute Gasteiger partial charge is 0.481 e. The molecule has 4 aliphatic carbocycles. The van der Waals surface area contributed by atoms with Gasteiger partial charge in [-0.15, -0.1) is 5.10 Å². The van der Waals surface area contributed by atoms with Crippen LogP contribution in [0.2, 0.25) is 0 Å². The van der Waals surface area contributed by atoms with Crippen LogP contribution >= 0.6 is 0 Å². The minimum Gasteiger partial charge on any atom is -0.481 e. The number of hydrogen-bond donors (Lipinski definition) is 1. The lowest BCUT2D eigenvalue weighted by Crippen LogP contribution is -2.60. The Morgan fingerprint density at radius 3 is 2.50 bits per heavy atom. The molecular weight excluding hydrogens is 448 g/mol. The van der Waals surface area contributed by atoms with Gasteiger partial charge in [-0.2, -0.15) is 0 Å². The van der Waals surface area contributed by atoms with Crippen LogP contribution in [0.5, 0.6) is 0 Å². The van der Waals surface area contributed by atoms with E-state index in [0.717, 1.165) is 59.4 Å². The smallest absolute Gasteiger partial charge is 0.304 e. The van der Waals surface area contributed by atoms with Crippen LogP contribution in [0.4, 0.5) is 0 Å². The summed E-state index contributed by atoms with van der Waals surface area (Å²) in [5.74, 6) is 1.89. The molecule has 1 atom stereocenters. The Hall–Kier alpha value is -2.73. The molecule has 6 nitrogen and oxygen atoms in total. The molecule has 0 radical (unpaired) electrons. The molecule has 1 N–H and O–H groups in total. The average Bonchev–Trinajstić information content (AvgIpc) is 3.23. The molecule has 2 aromatic carbocycles. The van der Waals surface area contributed by atoms with Crippen LogP contribution in [0, 0.1) is 24.7 Å². The number of rotatable bonds is 5.